The Morgan fingerprint density at radius 1 is 1.16 bits per heavy atom. The highest BCUT2D eigenvalue weighted by Crippen LogP contribution is 2.38. The first-order valence-corrected chi connectivity index (χ1v) is 8.47. The van der Waals surface area contributed by atoms with Crippen molar-refractivity contribution < 1.29 is 14.3 Å². The van der Waals surface area contributed by atoms with Gasteiger partial charge in [0.1, 0.15) is 11.2 Å². The topological polar surface area (TPSA) is 43.4 Å². The van der Waals surface area contributed by atoms with Crippen LogP contribution >= 0.6 is 23.5 Å². The molecule has 0 spiro atoms. The molecule has 0 bridgehead atoms. The second-order valence-electron chi connectivity index (χ2n) is 5.73. The number of rotatable bonds is 3. The van der Waals surface area contributed by atoms with Gasteiger partial charge in [-0.2, -0.15) is 0 Å². The molecule has 0 N–H and O–H groups in total. The smallest absolute Gasteiger partial charge is 0.344 e. The molecular formula is C14H22O3S2. The number of Topliss-reactive ketones (excluding diaryl/α,β-unsaturated/α-hetero) is 1. The van der Waals surface area contributed by atoms with E-state index in [-0.39, 0.29) is 17.3 Å². The van der Waals surface area contributed by atoms with Gasteiger partial charge in [0, 0.05) is 5.92 Å². The van der Waals surface area contributed by atoms with Crippen LogP contribution in [0.4, 0.5) is 0 Å². The summed E-state index contributed by atoms with van der Waals surface area (Å²) < 4.78 is 6.21. The molecule has 1 fully saturated rings. The third kappa shape index (κ3) is 5.22. The van der Waals surface area contributed by atoms with Crippen LogP contribution in [0.3, 0.4) is 0 Å². The zero-order valence-corrected chi connectivity index (χ0v) is 13.9. The SMILES string of the molecule is CC(C)C(=O)C(C(=O)OC(C)(C)C)=C1SCCCS1. The molecule has 0 aromatic carbocycles. The molecule has 1 aliphatic rings. The van der Waals surface area contributed by atoms with E-state index in [1.54, 1.807) is 23.5 Å². The molecule has 0 aliphatic carbocycles. The molecule has 5 heteroatoms. The average Bonchev–Trinajstić information content (AvgIpc) is 2.28. The Hall–Kier alpha value is -0.420. The summed E-state index contributed by atoms with van der Waals surface area (Å²) in [4.78, 5) is 24.6. The van der Waals surface area contributed by atoms with Gasteiger partial charge in [0.2, 0.25) is 0 Å². The average molecular weight is 302 g/mol. The lowest BCUT2D eigenvalue weighted by Crippen LogP contribution is -2.29. The lowest BCUT2D eigenvalue weighted by atomic mass is 10.0. The lowest BCUT2D eigenvalue weighted by Gasteiger charge is -2.23. The van der Waals surface area contributed by atoms with E-state index in [2.05, 4.69) is 0 Å². The molecule has 0 amide bonds. The molecule has 108 valence electrons. The first-order chi connectivity index (χ1) is 8.72. The van der Waals surface area contributed by atoms with Crippen LogP contribution in [-0.4, -0.2) is 28.9 Å². The van der Waals surface area contributed by atoms with Crippen molar-refractivity contribution in [1.82, 2.24) is 0 Å². The number of carbonyl (C=O) groups is 2. The van der Waals surface area contributed by atoms with Crippen LogP contribution in [0.1, 0.15) is 41.0 Å². The van der Waals surface area contributed by atoms with Crippen LogP contribution in [0.25, 0.3) is 0 Å². The van der Waals surface area contributed by atoms with Crippen LogP contribution in [-0.2, 0) is 14.3 Å². The Morgan fingerprint density at radius 3 is 2.11 bits per heavy atom. The van der Waals surface area contributed by atoms with Crippen LogP contribution in [0.5, 0.6) is 0 Å². The highest BCUT2D eigenvalue weighted by atomic mass is 32.2. The predicted molar refractivity (Wildman–Crippen MR) is 82.2 cm³/mol. The molecule has 1 rings (SSSR count). The number of hydrogen-bond acceptors (Lipinski definition) is 5. The molecule has 0 unspecified atom stereocenters. The van der Waals surface area contributed by atoms with Crippen LogP contribution in [0, 0.1) is 5.92 Å². The molecule has 0 radical (unpaired) electrons. The fourth-order valence-corrected chi connectivity index (χ4v) is 4.10. The maximum absolute atomic E-state index is 12.3. The fourth-order valence-electron chi connectivity index (χ4n) is 1.48. The highest BCUT2D eigenvalue weighted by molar-refractivity contribution is 8.22. The zero-order chi connectivity index (χ0) is 14.6. The molecule has 0 aromatic heterocycles. The maximum atomic E-state index is 12.3. The largest absolute Gasteiger partial charge is 0.456 e. The third-order valence-corrected chi connectivity index (χ3v) is 4.96. The fraction of sp³-hybridized carbons (Fsp3) is 0.714. The van der Waals surface area contributed by atoms with Gasteiger partial charge < -0.3 is 4.74 Å². The van der Waals surface area contributed by atoms with E-state index in [0.29, 0.717) is 0 Å². The van der Waals surface area contributed by atoms with Gasteiger partial charge in [0.25, 0.3) is 0 Å². The molecular weight excluding hydrogens is 280 g/mol. The first kappa shape index (κ1) is 16.6. The molecule has 3 nitrogen and oxygen atoms in total. The Kier molecular flexibility index (Phi) is 5.99. The van der Waals surface area contributed by atoms with Gasteiger partial charge in [-0.1, -0.05) is 13.8 Å². The summed E-state index contributed by atoms with van der Waals surface area (Å²) in [6.07, 6.45) is 1.11. The maximum Gasteiger partial charge on any atom is 0.344 e. The van der Waals surface area contributed by atoms with Crippen molar-refractivity contribution in [3.05, 3.63) is 9.81 Å². The number of ketones is 1. The summed E-state index contributed by atoms with van der Waals surface area (Å²) in [5.41, 5.74) is -0.330. The Morgan fingerprint density at radius 2 is 1.68 bits per heavy atom. The molecule has 19 heavy (non-hydrogen) atoms. The second kappa shape index (κ2) is 6.84. The van der Waals surface area contributed by atoms with Crippen molar-refractivity contribution in [3.8, 4) is 0 Å². The third-order valence-electron chi connectivity index (χ3n) is 2.33. The molecule has 1 saturated heterocycles. The molecule has 0 atom stereocenters. The number of esters is 1. The van der Waals surface area contributed by atoms with E-state index in [1.165, 1.54) is 0 Å². The minimum atomic E-state index is -0.579. The van der Waals surface area contributed by atoms with Gasteiger partial charge in [-0.15, -0.1) is 23.5 Å². The highest BCUT2D eigenvalue weighted by Gasteiger charge is 2.30. The second-order valence-corrected chi connectivity index (χ2v) is 8.20. The molecule has 0 aromatic rings. The van der Waals surface area contributed by atoms with E-state index in [0.717, 1.165) is 22.2 Å². The number of hydrogen-bond donors (Lipinski definition) is 0. The zero-order valence-electron chi connectivity index (χ0n) is 12.2. The molecule has 1 aliphatic heterocycles. The lowest BCUT2D eigenvalue weighted by molar-refractivity contribution is -0.151. The van der Waals surface area contributed by atoms with Crippen molar-refractivity contribution in [2.45, 2.75) is 46.6 Å². The predicted octanol–water partition coefficient (Wildman–Crippen LogP) is 3.63. The van der Waals surface area contributed by atoms with Crippen LogP contribution in [0.2, 0.25) is 0 Å². The van der Waals surface area contributed by atoms with Crippen molar-refractivity contribution in [3.63, 3.8) is 0 Å². The Balaban J connectivity index is 3.05. The number of thioether (sulfide) groups is 2. The Labute approximate surface area is 123 Å². The van der Waals surface area contributed by atoms with Crippen molar-refractivity contribution in [2.24, 2.45) is 5.92 Å². The van der Waals surface area contributed by atoms with E-state index >= 15 is 0 Å². The van der Waals surface area contributed by atoms with Gasteiger partial charge in [0.15, 0.2) is 5.78 Å². The van der Waals surface area contributed by atoms with Crippen molar-refractivity contribution in [1.29, 1.82) is 0 Å². The molecule has 1 heterocycles. The quantitative estimate of drug-likeness (QED) is 0.345. The Bertz CT molecular complexity index is 384. The van der Waals surface area contributed by atoms with Gasteiger partial charge in [-0.05, 0) is 38.7 Å². The molecule has 0 saturated carbocycles. The standard InChI is InChI=1S/C14H22O3S2/c1-9(2)11(15)10(12(16)17-14(3,4)5)13-18-7-6-8-19-13/h9H,6-8H2,1-5H3. The summed E-state index contributed by atoms with van der Waals surface area (Å²) in [6.45, 7) is 9.06. The van der Waals surface area contributed by atoms with Gasteiger partial charge in [0.05, 0.1) is 4.24 Å². The minimum absolute atomic E-state index is 0.119. The minimum Gasteiger partial charge on any atom is -0.456 e. The summed E-state index contributed by atoms with van der Waals surface area (Å²) in [6, 6.07) is 0. The summed E-state index contributed by atoms with van der Waals surface area (Å²) >= 11 is 3.18. The van der Waals surface area contributed by atoms with E-state index in [1.807, 2.05) is 34.6 Å². The normalized spacial score (nSPS) is 16.4. The van der Waals surface area contributed by atoms with Crippen molar-refractivity contribution in [2.75, 3.05) is 11.5 Å². The number of ether oxygens (including phenoxy) is 1. The van der Waals surface area contributed by atoms with Crippen LogP contribution < -0.4 is 0 Å². The first-order valence-electron chi connectivity index (χ1n) is 6.50. The van der Waals surface area contributed by atoms with Gasteiger partial charge in [-0.3, -0.25) is 4.79 Å². The van der Waals surface area contributed by atoms with Crippen LogP contribution in [0.15, 0.2) is 9.81 Å². The van der Waals surface area contributed by atoms with Crippen molar-refractivity contribution >= 4 is 35.3 Å². The summed E-state index contributed by atoms with van der Waals surface area (Å²) in [7, 11) is 0. The van der Waals surface area contributed by atoms with E-state index in [9.17, 15) is 9.59 Å². The van der Waals surface area contributed by atoms with E-state index in [4.69, 9.17) is 4.74 Å². The van der Waals surface area contributed by atoms with Gasteiger partial charge >= 0.3 is 5.97 Å². The number of carbonyl (C=O) groups excluding carboxylic acids is 2. The summed E-state index contributed by atoms with van der Waals surface area (Å²) in [5, 5.41) is 0. The van der Waals surface area contributed by atoms with Gasteiger partial charge in [-0.25, -0.2) is 4.79 Å². The summed E-state index contributed by atoms with van der Waals surface area (Å²) in [5.74, 6) is 1.12. The monoisotopic (exact) mass is 302 g/mol. The van der Waals surface area contributed by atoms with E-state index < -0.39 is 11.6 Å².